The summed E-state index contributed by atoms with van der Waals surface area (Å²) in [7, 11) is 2.92. The van der Waals surface area contributed by atoms with Crippen molar-refractivity contribution in [2.75, 3.05) is 20.8 Å². The molecule has 7 heteroatoms. The average Bonchev–Trinajstić information content (AvgIpc) is 2.68. The van der Waals surface area contributed by atoms with Crippen molar-refractivity contribution in [1.29, 1.82) is 0 Å². The largest absolute Gasteiger partial charge is 0.496 e. The number of unbranched alkanes of at least 4 members (excludes halogenated alkanes) is 2. The van der Waals surface area contributed by atoms with Crippen LogP contribution in [-0.2, 0) is 9.53 Å². The Kier molecular flexibility index (Phi) is 8.18. The summed E-state index contributed by atoms with van der Waals surface area (Å²) in [5.41, 5.74) is 0.183. The topological polar surface area (TPSA) is 71.1 Å². The summed E-state index contributed by atoms with van der Waals surface area (Å²) in [5.74, 6) is 1.07. The molecule has 0 heterocycles. The van der Waals surface area contributed by atoms with Gasteiger partial charge in [-0.3, -0.25) is 9.59 Å². The van der Waals surface area contributed by atoms with Crippen molar-refractivity contribution in [3.63, 3.8) is 0 Å². The van der Waals surface area contributed by atoms with Gasteiger partial charge in [-0.25, -0.2) is 0 Å². The van der Waals surface area contributed by atoms with Crippen molar-refractivity contribution < 1.29 is 28.5 Å². The predicted molar refractivity (Wildman–Crippen MR) is 107 cm³/mol. The number of allylic oxidation sites excluding steroid dienone is 1. The van der Waals surface area contributed by atoms with Crippen LogP contribution < -0.4 is 14.2 Å². The number of halogens is 1. The van der Waals surface area contributed by atoms with Crippen LogP contribution in [-0.4, -0.2) is 39.0 Å². The quantitative estimate of drug-likeness (QED) is 0.414. The lowest BCUT2D eigenvalue weighted by atomic mass is 9.91. The maximum Gasteiger partial charge on any atom is 0.159 e. The lowest BCUT2D eigenvalue weighted by molar-refractivity contribution is -0.117. The molecular formula is C21H27ClO6. The standard InChI is InChI=1S/C21H27ClO6/c1-5-6-7-8-27-18-10-14(24)9-13(2)20(18)28-21-15(12-23)16(25-3)11-17(26-4)19(21)22/h10-13,20H,5-9H2,1-4H3/t13-,20+/m1/s1. The van der Waals surface area contributed by atoms with Crippen molar-refractivity contribution in [1.82, 2.24) is 0 Å². The number of ether oxygens (including phenoxy) is 4. The lowest BCUT2D eigenvalue weighted by Gasteiger charge is -2.31. The van der Waals surface area contributed by atoms with Crippen molar-refractivity contribution in [3.05, 3.63) is 28.5 Å². The Morgan fingerprint density at radius 1 is 1.21 bits per heavy atom. The predicted octanol–water partition coefficient (Wildman–Crippen LogP) is 4.62. The molecule has 28 heavy (non-hydrogen) atoms. The van der Waals surface area contributed by atoms with Gasteiger partial charge in [0.15, 0.2) is 23.9 Å². The van der Waals surface area contributed by atoms with Gasteiger partial charge in [-0.1, -0.05) is 38.3 Å². The molecule has 1 aliphatic rings. The van der Waals surface area contributed by atoms with Gasteiger partial charge in [-0.2, -0.15) is 0 Å². The normalized spacial score (nSPS) is 19.0. The fourth-order valence-corrected chi connectivity index (χ4v) is 3.40. The zero-order chi connectivity index (χ0) is 20.7. The Bertz CT molecular complexity index is 743. The van der Waals surface area contributed by atoms with Crippen LogP contribution in [0.15, 0.2) is 17.9 Å². The first-order chi connectivity index (χ1) is 13.5. The summed E-state index contributed by atoms with van der Waals surface area (Å²) in [4.78, 5) is 23.7. The molecule has 1 aromatic carbocycles. The molecule has 154 valence electrons. The average molecular weight is 411 g/mol. The zero-order valence-corrected chi connectivity index (χ0v) is 17.5. The number of ketones is 1. The van der Waals surface area contributed by atoms with E-state index in [1.807, 2.05) is 6.92 Å². The Morgan fingerprint density at radius 2 is 1.93 bits per heavy atom. The van der Waals surface area contributed by atoms with Crippen LogP contribution in [0.5, 0.6) is 17.2 Å². The third-order valence-electron chi connectivity index (χ3n) is 4.63. The number of carbonyl (C=O) groups excluding carboxylic acids is 2. The second-order valence-electron chi connectivity index (χ2n) is 6.74. The first-order valence-corrected chi connectivity index (χ1v) is 9.78. The second-order valence-corrected chi connectivity index (χ2v) is 7.12. The number of aldehydes is 1. The SMILES string of the molecule is CCCCCOC1=CC(=O)C[C@@H](C)[C@@H]1Oc1c(Cl)c(OC)cc(OC)c1C=O. The number of methoxy groups -OCH3 is 2. The molecule has 1 aliphatic carbocycles. The number of hydrogen-bond acceptors (Lipinski definition) is 6. The van der Waals surface area contributed by atoms with Crippen molar-refractivity contribution >= 4 is 23.7 Å². The van der Waals surface area contributed by atoms with Crippen LogP contribution >= 0.6 is 11.6 Å². The molecule has 0 amide bonds. The van der Waals surface area contributed by atoms with E-state index in [9.17, 15) is 9.59 Å². The van der Waals surface area contributed by atoms with E-state index in [1.54, 1.807) is 0 Å². The number of benzene rings is 1. The van der Waals surface area contributed by atoms with Gasteiger partial charge in [0.1, 0.15) is 27.8 Å². The maximum atomic E-state index is 12.0. The first-order valence-electron chi connectivity index (χ1n) is 9.40. The van der Waals surface area contributed by atoms with Crippen LogP contribution in [0.4, 0.5) is 0 Å². The minimum atomic E-state index is -0.549. The molecule has 2 rings (SSSR count). The minimum Gasteiger partial charge on any atom is -0.496 e. The Morgan fingerprint density at radius 3 is 2.54 bits per heavy atom. The molecule has 0 aliphatic heterocycles. The van der Waals surface area contributed by atoms with Gasteiger partial charge in [-0.05, 0) is 6.42 Å². The molecule has 0 N–H and O–H groups in total. The Hall–Kier alpha value is -2.21. The molecule has 0 saturated heterocycles. The van der Waals surface area contributed by atoms with Crippen LogP contribution in [0.2, 0.25) is 5.02 Å². The highest BCUT2D eigenvalue weighted by Crippen LogP contribution is 2.43. The fraction of sp³-hybridized carbons (Fsp3) is 0.524. The molecule has 0 aromatic heterocycles. The van der Waals surface area contributed by atoms with Gasteiger partial charge in [0.2, 0.25) is 0 Å². The molecule has 0 bridgehead atoms. The van der Waals surface area contributed by atoms with Gasteiger partial charge >= 0.3 is 0 Å². The van der Waals surface area contributed by atoms with Gasteiger partial charge < -0.3 is 18.9 Å². The van der Waals surface area contributed by atoms with Gasteiger partial charge in [0, 0.05) is 24.5 Å². The van der Waals surface area contributed by atoms with Gasteiger partial charge in [-0.15, -0.1) is 0 Å². The van der Waals surface area contributed by atoms with E-state index in [0.29, 0.717) is 36.6 Å². The highest BCUT2D eigenvalue weighted by molar-refractivity contribution is 6.34. The molecule has 0 radical (unpaired) electrons. The molecular weight excluding hydrogens is 384 g/mol. The van der Waals surface area contributed by atoms with E-state index in [1.165, 1.54) is 26.4 Å². The van der Waals surface area contributed by atoms with E-state index in [2.05, 4.69) is 6.92 Å². The van der Waals surface area contributed by atoms with E-state index in [-0.39, 0.29) is 28.0 Å². The van der Waals surface area contributed by atoms with Crippen LogP contribution in [0.3, 0.4) is 0 Å². The monoisotopic (exact) mass is 410 g/mol. The van der Waals surface area contributed by atoms with Gasteiger partial charge in [0.25, 0.3) is 0 Å². The molecule has 0 spiro atoms. The summed E-state index contributed by atoms with van der Waals surface area (Å²) < 4.78 is 22.6. The lowest BCUT2D eigenvalue weighted by Crippen LogP contribution is -2.34. The van der Waals surface area contributed by atoms with E-state index in [4.69, 9.17) is 30.5 Å². The van der Waals surface area contributed by atoms with Crippen molar-refractivity contribution in [2.24, 2.45) is 5.92 Å². The van der Waals surface area contributed by atoms with E-state index in [0.717, 1.165) is 19.3 Å². The number of rotatable bonds is 10. The van der Waals surface area contributed by atoms with Crippen molar-refractivity contribution in [2.45, 2.75) is 45.6 Å². The Balaban J connectivity index is 2.38. The number of carbonyl (C=O) groups is 2. The highest BCUT2D eigenvalue weighted by Gasteiger charge is 2.34. The summed E-state index contributed by atoms with van der Waals surface area (Å²) in [6.45, 7) is 4.50. The third kappa shape index (κ3) is 4.98. The zero-order valence-electron chi connectivity index (χ0n) is 16.7. The smallest absolute Gasteiger partial charge is 0.159 e. The third-order valence-corrected chi connectivity index (χ3v) is 4.99. The van der Waals surface area contributed by atoms with Crippen LogP contribution in [0.1, 0.15) is 49.9 Å². The first kappa shape index (κ1) is 22.1. The number of hydrogen-bond donors (Lipinski definition) is 0. The molecule has 0 saturated carbocycles. The fourth-order valence-electron chi connectivity index (χ4n) is 3.12. The van der Waals surface area contributed by atoms with Gasteiger partial charge in [0.05, 0.1) is 20.8 Å². The summed E-state index contributed by atoms with van der Waals surface area (Å²) in [6.07, 6.45) is 4.87. The molecule has 1 aromatic rings. The molecule has 2 atom stereocenters. The van der Waals surface area contributed by atoms with Crippen LogP contribution in [0, 0.1) is 5.92 Å². The summed E-state index contributed by atoms with van der Waals surface area (Å²) in [6, 6.07) is 1.53. The van der Waals surface area contributed by atoms with Crippen molar-refractivity contribution in [3.8, 4) is 17.2 Å². The molecule has 0 unspecified atom stereocenters. The second kappa shape index (κ2) is 10.4. The summed E-state index contributed by atoms with van der Waals surface area (Å²) in [5, 5.41) is 0.167. The summed E-state index contributed by atoms with van der Waals surface area (Å²) >= 11 is 6.42. The molecule has 6 nitrogen and oxygen atoms in total. The van der Waals surface area contributed by atoms with Crippen LogP contribution in [0.25, 0.3) is 0 Å². The molecule has 0 fully saturated rings. The van der Waals surface area contributed by atoms with E-state index >= 15 is 0 Å². The van der Waals surface area contributed by atoms with E-state index < -0.39 is 6.10 Å². The minimum absolute atomic E-state index is 0.0113. The maximum absolute atomic E-state index is 12.0. The highest BCUT2D eigenvalue weighted by atomic mass is 35.5. The Labute approximate surface area is 170 Å².